The number of benzene rings is 1. The summed E-state index contributed by atoms with van der Waals surface area (Å²) in [5, 5.41) is 7.62. The van der Waals surface area contributed by atoms with Crippen LogP contribution in [0, 0.1) is 11.3 Å². The minimum atomic E-state index is -3.27. The third kappa shape index (κ3) is 11.6. The first-order valence-corrected chi connectivity index (χ1v) is 13.9. The van der Waals surface area contributed by atoms with E-state index >= 15 is 0 Å². The zero-order valence-corrected chi connectivity index (χ0v) is 23.3. The van der Waals surface area contributed by atoms with Gasteiger partial charge in [0.15, 0.2) is 15.9 Å². The molecular weight excluding hydrogens is 510 g/mol. The van der Waals surface area contributed by atoms with Crippen molar-refractivity contribution in [2.75, 3.05) is 18.6 Å². The Bertz CT molecular complexity index is 1280. The number of amidine groups is 1. The average Bonchev–Trinajstić information content (AvgIpc) is 2.84. The zero-order valence-electron chi connectivity index (χ0n) is 22.5. The highest BCUT2D eigenvalue weighted by molar-refractivity contribution is 7.90. The third-order valence-corrected chi connectivity index (χ3v) is 5.90. The summed E-state index contributed by atoms with van der Waals surface area (Å²) >= 11 is 0. The number of nitrogen functional groups attached to an aromatic ring is 1. The van der Waals surface area contributed by atoms with E-state index in [1.165, 1.54) is 36.5 Å². The molecule has 0 bridgehead atoms. The molecule has 0 spiro atoms. The summed E-state index contributed by atoms with van der Waals surface area (Å²) < 4.78 is 33.2. The normalized spacial score (nSPS) is 15.6. The second-order valence-electron chi connectivity index (χ2n) is 9.30. The number of anilines is 1. The predicted octanol–water partition coefficient (Wildman–Crippen LogP) is 3.21. The molecule has 1 fully saturated rings. The van der Waals surface area contributed by atoms with Crippen molar-refractivity contribution in [3.05, 3.63) is 52.4 Å². The van der Waals surface area contributed by atoms with Crippen LogP contribution >= 0.6 is 0 Å². The van der Waals surface area contributed by atoms with Gasteiger partial charge in [-0.15, -0.1) is 0 Å². The lowest BCUT2D eigenvalue weighted by Gasteiger charge is -2.26. The van der Waals surface area contributed by atoms with Gasteiger partial charge >= 0.3 is 5.97 Å². The molecule has 1 aromatic carbocycles. The molecule has 1 saturated heterocycles. The molecule has 0 aliphatic carbocycles. The number of ether oxygens (including phenoxy) is 2. The van der Waals surface area contributed by atoms with Crippen molar-refractivity contribution in [1.29, 1.82) is 5.26 Å². The number of aromatic nitrogens is 1. The zero-order chi connectivity index (χ0) is 28.9. The molecule has 0 unspecified atom stereocenters. The van der Waals surface area contributed by atoms with Crippen LogP contribution in [0.3, 0.4) is 0 Å². The van der Waals surface area contributed by atoms with Gasteiger partial charge in [0.25, 0.3) is 5.56 Å². The summed E-state index contributed by atoms with van der Waals surface area (Å²) in [6, 6.07) is 9.26. The van der Waals surface area contributed by atoms with Gasteiger partial charge in [-0.3, -0.25) is 4.79 Å². The molecule has 2 aromatic rings. The fraction of sp³-hybridized carbons (Fsp3) is 0.462. The number of nitrogens with zero attached hydrogens (tertiary/aromatic N) is 2. The Balaban J connectivity index is 0.000000361. The Kier molecular flexibility index (Phi) is 12.7. The van der Waals surface area contributed by atoms with Gasteiger partial charge in [0.2, 0.25) is 0 Å². The first kappa shape index (κ1) is 32.3. The molecule has 0 radical (unpaired) electrons. The largest absolute Gasteiger partial charge is 0.458 e. The van der Waals surface area contributed by atoms with Crippen molar-refractivity contribution in [3.63, 3.8) is 0 Å². The maximum Gasteiger partial charge on any atom is 0.335 e. The van der Waals surface area contributed by atoms with Crippen LogP contribution in [0.2, 0.25) is 0 Å². The molecule has 12 heteroatoms. The van der Waals surface area contributed by atoms with E-state index in [9.17, 15) is 18.0 Å². The average molecular weight is 548 g/mol. The molecule has 208 valence electrons. The Morgan fingerprint density at radius 1 is 1.24 bits per heavy atom. The fourth-order valence-electron chi connectivity index (χ4n) is 3.01. The van der Waals surface area contributed by atoms with Gasteiger partial charge in [-0.2, -0.15) is 5.26 Å². The van der Waals surface area contributed by atoms with Crippen molar-refractivity contribution in [2.24, 2.45) is 10.7 Å². The number of H-pyrrole nitrogens is 1. The summed E-state index contributed by atoms with van der Waals surface area (Å²) in [7, 11) is -3.27. The first-order chi connectivity index (χ1) is 17.7. The van der Waals surface area contributed by atoms with E-state index in [0.717, 1.165) is 25.5 Å². The van der Waals surface area contributed by atoms with E-state index < -0.39 is 21.0 Å². The number of rotatable bonds is 4. The molecule has 3 rings (SSSR count). The van der Waals surface area contributed by atoms with Crippen molar-refractivity contribution in [1.82, 2.24) is 4.98 Å². The molecule has 1 atom stereocenters. The molecule has 5 N–H and O–H groups in total. The van der Waals surface area contributed by atoms with Gasteiger partial charge in [0.1, 0.15) is 17.0 Å². The number of carbonyl (C=O) groups is 1. The van der Waals surface area contributed by atoms with E-state index in [1.807, 2.05) is 33.8 Å². The Morgan fingerprint density at radius 3 is 2.29 bits per heavy atom. The second kappa shape index (κ2) is 14.9. The second-order valence-corrected chi connectivity index (χ2v) is 11.3. The van der Waals surface area contributed by atoms with Gasteiger partial charge in [0.05, 0.1) is 16.7 Å². The molecular formula is C26H37N5O6S. The van der Waals surface area contributed by atoms with Crippen molar-refractivity contribution in [3.8, 4) is 6.07 Å². The van der Waals surface area contributed by atoms with Gasteiger partial charge in [-0.1, -0.05) is 6.92 Å². The lowest BCUT2D eigenvalue weighted by Crippen LogP contribution is -2.35. The molecule has 38 heavy (non-hydrogen) atoms. The number of hydrogen-bond acceptors (Lipinski definition) is 9. The van der Waals surface area contributed by atoms with E-state index in [4.69, 9.17) is 26.2 Å². The van der Waals surface area contributed by atoms with Gasteiger partial charge in [-0.25, -0.2) is 18.2 Å². The summed E-state index contributed by atoms with van der Waals surface area (Å²) in [5.41, 5.74) is 11.4. The highest BCUT2D eigenvalue weighted by Crippen LogP contribution is 2.18. The number of sulfone groups is 1. The van der Waals surface area contributed by atoms with Crippen LogP contribution < -0.4 is 17.0 Å². The third-order valence-electron chi connectivity index (χ3n) is 4.77. The van der Waals surface area contributed by atoms with Crippen LogP contribution in [0.25, 0.3) is 0 Å². The SMILES string of the molecule is CC(C)(C)OC(=O)[C@@H]1CCCCO1.CCC#N.CS(=O)(=O)c1ccc(N=C(N)c2c(N)cc[nH]c2=O)cc1. The first-order valence-electron chi connectivity index (χ1n) is 12.0. The van der Waals surface area contributed by atoms with E-state index in [2.05, 4.69) is 9.98 Å². The summed E-state index contributed by atoms with van der Waals surface area (Å²) in [6.07, 6.45) is 5.74. The Morgan fingerprint density at radius 2 is 1.84 bits per heavy atom. The van der Waals surface area contributed by atoms with Crippen LogP contribution in [0.5, 0.6) is 0 Å². The maximum atomic E-state index is 11.7. The smallest absolute Gasteiger partial charge is 0.335 e. The summed E-state index contributed by atoms with van der Waals surface area (Å²) in [5.74, 6) is -0.256. The van der Waals surface area contributed by atoms with E-state index in [-0.39, 0.29) is 34.1 Å². The fourth-order valence-corrected chi connectivity index (χ4v) is 3.65. The van der Waals surface area contributed by atoms with Gasteiger partial charge < -0.3 is 25.9 Å². The lowest BCUT2D eigenvalue weighted by molar-refractivity contribution is -0.171. The minimum absolute atomic E-state index is 0.0403. The number of aliphatic imine (C=N–C) groups is 1. The lowest BCUT2D eigenvalue weighted by atomic mass is 10.1. The molecule has 2 heterocycles. The van der Waals surface area contributed by atoms with Crippen LogP contribution in [0.1, 0.15) is 58.9 Å². The number of esters is 1. The highest BCUT2D eigenvalue weighted by Gasteiger charge is 2.27. The molecule has 11 nitrogen and oxygen atoms in total. The summed E-state index contributed by atoms with van der Waals surface area (Å²) in [4.78, 5) is 29.9. The quantitative estimate of drug-likeness (QED) is 0.293. The van der Waals surface area contributed by atoms with Crippen LogP contribution in [0.4, 0.5) is 11.4 Å². The number of hydrogen-bond donors (Lipinski definition) is 3. The molecule has 1 aromatic heterocycles. The number of pyridine rings is 1. The number of nitrogens with one attached hydrogen (secondary N) is 1. The topological polar surface area (TPSA) is 191 Å². The van der Waals surface area contributed by atoms with E-state index in [0.29, 0.717) is 18.7 Å². The predicted molar refractivity (Wildman–Crippen MR) is 147 cm³/mol. The number of nitriles is 1. The van der Waals surface area contributed by atoms with Crippen LogP contribution in [-0.2, 0) is 24.1 Å². The standard InChI is InChI=1S/C13H14N4O3S.C10H18O3.C3H5N/c1-21(19,20)9-4-2-8(3-5-9)17-12(15)11-10(14)6-7-16-13(11)18;1-10(2,3)13-9(11)8-6-4-5-7-12-8;1-2-3-4/h2-7H,1H3,(H2,15,17)(H3,14,16,18);8H,4-7H2,1-3H3;2H2,1H3/t;8-;/m.0./s1. The number of aromatic amines is 1. The maximum absolute atomic E-state index is 11.7. The Hall–Kier alpha value is -3.69. The molecule has 0 saturated carbocycles. The van der Waals surface area contributed by atoms with Crippen molar-refractivity contribution in [2.45, 2.75) is 70.0 Å². The van der Waals surface area contributed by atoms with Crippen LogP contribution in [0.15, 0.2) is 51.2 Å². The van der Waals surface area contributed by atoms with E-state index in [1.54, 1.807) is 0 Å². The Labute approximate surface area is 223 Å². The van der Waals surface area contributed by atoms with Gasteiger partial charge in [0, 0.05) is 31.2 Å². The number of carbonyl (C=O) groups excluding carboxylic acids is 1. The molecule has 0 amide bonds. The monoisotopic (exact) mass is 547 g/mol. The molecule has 1 aliphatic rings. The minimum Gasteiger partial charge on any atom is -0.458 e. The van der Waals surface area contributed by atoms with Crippen LogP contribution in [-0.4, -0.2) is 49.8 Å². The van der Waals surface area contributed by atoms with Gasteiger partial charge in [-0.05, 0) is 70.4 Å². The number of nitrogens with two attached hydrogens (primary N) is 2. The molecule has 1 aliphatic heterocycles. The van der Waals surface area contributed by atoms with Crippen molar-refractivity contribution >= 4 is 33.0 Å². The highest BCUT2D eigenvalue weighted by atomic mass is 32.2. The summed E-state index contributed by atoms with van der Waals surface area (Å²) in [6.45, 7) is 8.11. The van der Waals surface area contributed by atoms with Crippen molar-refractivity contribution < 1.29 is 22.7 Å².